The van der Waals surface area contributed by atoms with Crippen molar-refractivity contribution in [2.45, 2.75) is 96.5 Å². The van der Waals surface area contributed by atoms with Crippen molar-refractivity contribution < 1.29 is 0 Å². The zero-order chi connectivity index (χ0) is 24.7. The molecule has 1 saturated carbocycles. The molecule has 33 heavy (non-hydrogen) atoms. The maximum absolute atomic E-state index is 8.13. The Morgan fingerprint density at radius 2 is 1.33 bits per heavy atom. The quantitative estimate of drug-likeness (QED) is 0.0594. The molecule has 2 atom stereocenters. The molecule has 0 bridgehead atoms. The normalized spacial score (nSPS) is 18.6. The number of thioether (sulfide) groups is 2. The number of hydrogen-bond donors (Lipinski definition) is 4. The molecule has 2 unspecified atom stereocenters. The van der Waals surface area contributed by atoms with Crippen LogP contribution < -0.4 is 10.6 Å². The van der Waals surface area contributed by atoms with Gasteiger partial charge in [0.05, 0.1) is 11.7 Å². The van der Waals surface area contributed by atoms with E-state index in [0.29, 0.717) is 21.8 Å². The van der Waals surface area contributed by atoms with Crippen molar-refractivity contribution in [1.29, 1.82) is 10.8 Å². The lowest BCUT2D eigenvalue weighted by atomic mass is 9.66. The Balaban J connectivity index is 1.95. The minimum absolute atomic E-state index is 0.378. The van der Waals surface area contributed by atoms with E-state index in [1.165, 1.54) is 32.1 Å². The van der Waals surface area contributed by atoms with Gasteiger partial charge in [0.1, 0.15) is 0 Å². The Bertz CT molecular complexity index is 567. The molecule has 0 amide bonds. The van der Waals surface area contributed by atoms with E-state index in [0.717, 1.165) is 60.1 Å². The van der Waals surface area contributed by atoms with Gasteiger partial charge in [-0.25, -0.2) is 0 Å². The summed E-state index contributed by atoms with van der Waals surface area (Å²) < 4.78 is 0.378. The summed E-state index contributed by atoms with van der Waals surface area (Å²) in [4.78, 5) is 0. The second-order valence-corrected chi connectivity index (χ2v) is 15.6. The number of rotatable bonds is 19. The fraction of sp³-hybridized carbons (Fsp3) is 0.920. The summed E-state index contributed by atoms with van der Waals surface area (Å²) in [5, 5.41) is 23.6. The Hall–Kier alpha value is 0.340. The molecule has 194 valence electrons. The first-order chi connectivity index (χ1) is 15.7. The molecule has 0 spiro atoms. The van der Waals surface area contributed by atoms with E-state index in [-0.39, 0.29) is 0 Å². The van der Waals surface area contributed by atoms with E-state index >= 15 is 0 Å². The average molecular weight is 535 g/mol. The van der Waals surface area contributed by atoms with Crippen molar-refractivity contribution in [2.24, 2.45) is 11.3 Å². The Labute approximate surface area is 221 Å². The van der Waals surface area contributed by atoms with Crippen LogP contribution in [0.2, 0.25) is 0 Å². The molecule has 0 aliphatic heterocycles. The lowest BCUT2D eigenvalue weighted by molar-refractivity contribution is 0.125. The molecule has 0 heterocycles. The summed E-state index contributed by atoms with van der Waals surface area (Å²) in [6, 6.07) is 0. The number of amidine groups is 2. The van der Waals surface area contributed by atoms with Crippen molar-refractivity contribution in [3.05, 3.63) is 0 Å². The molecular formula is C25H50N4S4. The van der Waals surface area contributed by atoms with Gasteiger partial charge < -0.3 is 10.6 Å². The highest BCUT2D eigenvalue weighted by Gasteiger charge is 2.40. The zero-order valence-electron chi connectivity index (χ0n) is 22.0. The molecule has 0 aromatic rings. The van der Waals surface area contributed by atoms with Crippen LogP contribution in [0, 0.1) is 22.2 Å². The maximum Gasteiger partial charge on any atom is 0.0940 e. The van der Waals surface area contributed by atoms with Gasteiger partial charge >= 0.3 is 0 Å². The minimum Gasteiger partial charge on any atom is -0.373 e. The summed E-state index contributed by atoms with van der Waals surface area (Å²) in [5.41, 5.74) is 0.476. The fourth-order valence-electron chi connectivity index (χ4n) is 3.77. The van der Waals surface area contributed by atoms with E-state index in [9.17, 15) is 0 Å². The predicted octanol–water partition coefficient (Wildman–Crippen LogP) is 7.54. The summed E-state index contributed by atoms with van der Waals surface area (Å²) in [7, 11) is 3.65. The van der Waals surface area contributed by atoms with Gasteiger partial charge in [0, 0.05) is 58.9 Å². The smallest absolute Gasteiger partial charge is 0.0940 e. The highest BCUT2D eigenvalue weighted by Crippen LogP contribution is 2.49. The highest BCUT2D eigenvalue weighted by atomic mass is 33.1. The third-order valence-electron chi connectivity index (χ3n) is 7.24. The van der Waals surface area contributed by atoms with Gasteiger partial charge in [-0.05, 0) is 37.0 Å². The number of hydrogen-bond acceptors (Lipinski definition) is 6. The van der Waals surface area contributed by atoms with Gasteiger partial charge in [-0.3, -0.25) is 10.8 Å². The second-order valence-electron chi connectivity index (χ2n) is 9.90. The Morgan fingerprint density at radius 3 is 1.79 bits per heavy atom. The molecule has 4 N–H and O–H groups in total. The van der Waals surface area contributed by atoms with Crippen molar-refractivity contribution >= 4 is 56.8 Å². The lowest BCUT2D eigenvalue weighted by Crippen LogP contribution is -2.40. The van der Waals surface area contributed by atoms with Crippen LogP contribution in [0.4, 0.5) is 0 Å². The van der Waals surface area contributed by atoms with Crippen LogP contribution in [0.1, 0.15) is 86.5 Å². The van der Waals surface area contributed by atoms with Crippen LogP contribution in [0.5, 0.6) is 0 Å². The van der Waals surface area contributed by atoms with Gasteiger partial charge in [-0.1, -0.05) is 69.6 Å². The lowest BCUT2D eigenvalue weighted by Gasteiger charge is -2.46. The molecule has 8 heteroatoms. The highest BCUT2D eigenvalue weighted by molar-refractivity contribution is 8.76. The fourth-order valence-corrected chi connectivity index (χ4v) is 8.46. The van der Waals surface area contributed by atoms with Crippen LogP contribution in [0.3, 0.4) is 0 Å². The second kappa shape index (κ2) is 16.9. The van der Waals surface area contributed by atoms with Gasteiger partial charge in [-0.2, -0.15) is 23.5 Å². The standard InChI is InChI=1S/C25H50N4S4/c1-7-24(4,5)20-10-11-21(20)30-18-14-28-22(26)12-16-32-33-17-13-23(27)29-15-19-31-25(6,8-2)9-3/h20-21H,7-19H2,1-6H3,(H2,26,28)(H2,27,29). The molecule has 0 saturated heterocycles. The topological polar surface area (TPSA) is 71.8 Å². The van der Waals surface area contributed by atoms with Crippen molar-refractivity contribution in [3.63, 3.8) is 0 Å². The van der Waals surface area contributed by atoms with Crippen molar-refractivity contribution in [2.75, 3.05) is 36.1 Å². The van der Waals surface area contributed by atoms with Crippen LogP contribution in [-0.2, 0) is 0 Å². The molecule has 1 fully saturated rings. The van der Waals surface area contributed by atoms with E-state index < -0.39 is 0 Å². The molecule has 0 radical (unpaired) electrons. The van der Waals surface area contributed by atoms with Gasteiger partial charge in [-0.15, -0.1) is 0 Å². The maximum atomic E-state index is 8.13. The summed E-state index contributed by atoms with van der Waals surface area (Å²) in [5.74, 6) is 6.28. The molecule has 0 aromatic heterocycles. The summed E-state index contributed by atoms with van der Waals surface area (Å²) >= 11 is 4.13. The van der Waals surface area contributed by atoms with Crippen LogP contribution in [-0.4, -0.2) is 57.8 Å². The first kappa shape index (κ1) is 31.4. The molecule has 1 aliphatic rings. The van der Waals surface area contributed by atoms with E-state index in [4.69, 9.17) is 10.8 Å². The molecule has 1 rings (SSSR count). The van der Waals surface area contributed by atoms with Gasteiger partial charge in [0.25, 0.3) is 0 Å². The van der Waals surface area contributed by atoms with Crippen LogP contribution in [0.15, 0.2) is 0 Å². The van der Waals surface area contributed by atoms with Crippen LogP contribution in [0.25, 0.3) is 0 Å². The van der Waals surface area contributed by atoms with E-state index in [1.54, 1.807) is 0 Å². The third-order valence-corrected chi connectivity index (χ3v) is 12.8. The molecule has 4 nitrogen and oxygen atoms in total. The first-order valence-electron chi connectivity index (χ1n) is 12.8. The van der Waals surface area contributed by atoms with E-state index in [1.807, 2.05) is 33.3 Å². The molecular weight excluding hydrogens is 485 g/mol. The first-order valence-corrected chi connectivity index (χ1v) is 17.3. The average Bonchev–Trinajstić information content (AvgIpc) is 2.77. The predicted molar refractivity (Wildman–Crippen MR) is 160 cm³/mol. The SMILES string of the molecule is CCC(C)(CC)SCCNC(=N)CCSSCCC(=N)NCCSC1CCC1C(C)(C)CC. The zero-order valence-corrected chi connectivity index (χ0v) is 25.2. The Kier molecular flexibility index (Phi) is 16.1. The van der Waals surface area contributed by atoms with Gasteiger partial charge in [0.15, 0.2) is 0 Å². The Morgan fingerprint density at radius 1 is 0.788 bits per heavy atom. The van der Waals surface area contributed by atoms with Gasteiger partial charge in [0.2, 0.25) is 0 Å². The summed E-state index contributed by atoms with van der Waals surface area (Å²) in [6.45, 7) is 15.8. The third kappa shape index (κ3) is 12.7. The minimum atomic E-state index is 0.378. The van der Waals surface area contributed by atoms with Crippen molar-refractivity contribution in [1.82, 2.24) is 10.6 Å². The van der Waals surface area contributed by atoms with E-state index in [2.05, 4.69) is 63.9 Å². The number of nitrogens with one attached hydrogen (secondary N) is 4. The van der Waals surface area contributed by atoms with Crippen molar-refractivity contribution in [3.8, 4) is 0 Å². The van der Waals surface area contributed by atoms with Crippen LogP contribution >= 0.6 is 45.1 Å². The monoisotopic (exact) mass is 534 g/mol. The molecule has 1 aliphatic carbocycles. The summed E-state index contributed by atoms with van der Waals surface area (Å²) in [6.07, 6.45) is 8.02. The largest absolute Gasteiger partial charge is 0.373 e. The molecule has 0 aromatic carbocycles.